The molecule has 0 aliphatic carbocycles. The van der Waals surface area contributed by atoms with E-state index in [9.17, 15) is 0 Å². The summed E-state index contributed by atoms with van der Waals surface area (Å²) in [4.78, 5) is 7.44. The van der Waals surface area contributed by atoms with Crippen LogP contribution in [0.2, 0.25) is 0 Å². The van der Waals surface area contributed by atoms with Gasteiger partial charge in [0.2, 0.25) is 0 Å². The maximum atomic E-state index is 5.11. The molecule has 0 aliphatic rings. The second-order valence-corrected chi connectivity index (χ2v) is 4.19. The van der Waals surface area contributed by atoms with Crippen molar-refractivity contribution in [2.75, 3.05) is 5.32 Å². The summed E-state index contributed by atoms with van der Waals surface area (Å²) in [6.07, 6.45) is 0.852. The van der Waals surface area contributed by atoms with Crippen molar-refractivity contribution in [2.45, 2.75) is 19.9 Å². The van der Waals surface area contributed by atoms with Gasteiger partial charge >= 0.3 is 0 Å². The van der Waals surface area contributed by atoms with Gasteiger partial charge in [-0.05, 0) is 5.56 Å². The fourth-order valence-electron chi connectivity index (χ4n) is 1.56. The molecule has 1 heterocycles. The first kappa shape index (κ1) is 11.8. The summed E-state index contributed by atoms with van der Waals surface area (Å²) in [6.45, 7) is 2.83. The van der Waals surface area contributed by atoms with Crippen LogP contribution in [-0.2, 0) is 13.0 Å². The van der Waals surface area contributed by atoms with Gasteiger partial charge in [-0.15, -0.1) is 0 Å². The lowest BCUT2D eigenvalue weighted by Crippen LogP contribution is -2.04. The van der Waals surface area contributed by atoms with Crippen LogP contribution in [0.15, 0.2) is 36.4 Å². The third-order valence-corrected chi connectivity index (χ3v) is 2.66. The Morgan fingerprint density at radius 1 is 1.29 bits per heavy atom. The number of aromatic amines is 1. The van der Waals surface area contributed by atoms with Crippen molar-refractivity contribution >= 4 is 18.0 Å². The van der Waals surface area contributed by atoms with Crippen LogP contribution in [0.25, 0.3) is 0 Å². The third kappa shape index (κ3) is 3.39. The summed E-state index contributed by atoms with van der Waals surface area (Å²) in [6, 6.07) is 12.1. The lowest BCUT2D eigenvalue weighted by Gasteiger charge is -2.07. The van der Waals surface area contributed by atoms with Crippen molar-refractivity contribution < 1.29 is 0 Å². The highest BCUT2D eigenvalue weighted by Crippen LogP contribution is 2.07. The number of hydrogen-bond acceptors (Lipinski definition) is 3. The van der Waals surface area contributed by atoms with Crippen molar-refractivity contribution in [2.24, 2.45) is 0 Å². The lowest BCUT2D eigenvalue weighted by atomic mass is 10.2. The van der Waals surface area contributed by atoms with Gasteiger partial charge in [0.05, 0.1) is 0 Å². The van der Waals surface area contributed by atoms with Crippen molar-refractivity contribution in [1.29, 1.82) is 0 Å². The summed E-state index contributed by atoms with van der Waals surface area (Å²) in [5, 5.41) is 3.31. The van der Waals surface area contributed by atoms with Crippen molar-refractivity contribution in [3.63, 3.8) is 0 Å². The Balaban J connectivity index is 2.09. The smallest absolute Gasteiger partial charge is 0.131 e. The van der Waals surface area contributed by atoms with Crippen LogP contribution in [-0.4, -0.2) is 9.97 Å². The van der Waals surface area contributed by atoms with E-state index in [2.05, 4.69) is 34.3 Å². The van der Waals surface area contributed by atoms with Crippen LogP contribution in [0.5, 0.6) is 0 Å². The molecule has 1 aromatic carbocycles. The first-order valence-corrected chi connectivity index (χ1v) is 6.07. The Bertz CT molecular complexity index is 534. The topological polar surface area (TPSA) is 40.7 Å². The molecule has 0 spiro atoms. The molecule has 0 aliphatic heterocycles. The standard InChI is InChI=1S/C13H15N3S/c1-2-11-15-12(8-13(17)16-11)14-9-10-6-4-3-5-7-10/h3-8H,2,9H2,1H3,(H2,14,15,16,17). The van der Waals surface area contributed by atoms with Gasteiger partial charge in [-0.3, -0.25) is 0 Å². The highest BCUT2D eigenvalue weighted by molar-refractivity contribution is 7.71. The minimum absolute atomic E-state index is 0.621. The highest BCUT2D eigenvalue weighted by Gasteiger charge is 1.97. The molecule has 0 bridgehead atoms. The van der Waals surface area contributed by atoms with Gasteiger partial charge < -0.3 is 10.3 Å². The van der Waals surface area contributed by atoms with Gasteiger partial charge in [0.25, 0.3) is 0 Å². The molecular weight excluding hydrogens is 230 g/mol. The normalized spacial score (nSPS) is 10.2. The summed E-state index contributed by atoms with van der Waals surface area (Å²) in [7, 11) is 0. The first-order chi connectivity index (χ1) is 8.28. The lowest BCUT2D eigenvalue weighted by molar-refractivity contribution is 0.926. The zero-order valence-corrected chi connectivity index (χ0v) is 10.6. The van der Waals surface area contributed by atoms with E-state index in [0.717, 1.165) is 24.6 Å². The van der Waals surface area contributed by atoms with Gasteiger partial charge in [0, 0.05) is 19.0 Å². The third-order valence-electron chi connectivity index (χ3n) is 2.45. The van der Waals surface area contributed by atoms with Crippen molar-refractivity contribution in [3.8, 4) is 0 Å². The Kier molecular flexibility index (Phi) is 3.88. The van der Waals surface area contributed by atoms with E-state index in [0.29, 0.717) is 4.64 Å². The Labute approximate surface area is 106 Å². The van der Waals surface area contributed by atoms with E-state index in [1.165, 1.54) is 5.56 Å². The van der Waals surface area contributed by atoms with E-state index < -0.39 is 0 Å². The average molecular weight is 245 g/mol. The molecule has 0 radical (unpaired) electrons. The fraction of sp³-hybridized carbons (Fsp3) is 0.231. The number of H-pyrrole nitrogens is 1. The molecule has 2 rings (SSSR count). The number of anilines is 1. The second kappa shape index (κ2) is 5.59. The number of benzene rings is 1. The Morgan fingerprint density at radius 3 is 2.76 bits per heavy atom. The number of nitrogens with zero attached hydrogens (tertiary/aromatic N) is 1. The highest BCUT2D eigenvalue weighted by atomic mass is 32.1. The van der Waals surface area contributed by atoms with E-state index >= 15 is 0 Å². The first-order valence-electron chi connectivity index (χ1n) is 5.66. The number of rotatable bonds is 4. The van der Waals surface area contributed by atoms with Crippen LogP contribution in [0, 0.1) is 4.64 Å². The zero-order chi connectivity index (χ0) is 12.1. The number of nitrogens with one attached hydrogen (secondary N) is 2. The molecule has 0 unspecified atom stereocenters. The minimum atomic E-state index is 0.621. The molecule has 0 saturated carbocycles. The molecule has 88 valence electrons. The van der Waals surface area contributed by atoms with E-state index in [-0.39, 0.29) is 0 Å². The fourth-order valence-corrected chi connectivity index (χ4v) is 1.79. The van der Waals surface area contributed by atoms with Gasteiger partial charge in [-0.1, -0.05) is 49.5 Å². The molecule has 0 atom stereocenters. The molecule has 0 saturated heterocycles. The molecule has 2 aromatic rings. The van der Waals surface area contributed by atoms with Crippen LogP contribution in [0.1, 0.15) is 18.3 Å². The zero-order valence-electron chi connectivity index (χ0n) is 9.73. The van der Waals surface area contributed by atoms with Gasteiger partial charge in [-0.2, -0.15) is 0 Å². The number of aromatic nitrogens is 2. The number of hydrogen-bond donors (Lipinski definition) is 2. The Hall–Kier alpha value is -1.68. The quantitative estimate of drug-likeness (QED) is 0.812. The van der Waals surface area contributed by atoms with Crippen LogP contribution >= 0.6 is 12.2 Å². The van der Waals surface area contributed by atoms with E-state index in [1.54, 1.807) is 0 Å². The van der Waals surface area contributed by atoms with Gasteiger partial charge in [0.15, 0.2) is 0 Å². The van der Waals surface area contributed by atoms with E-state index in [1.807, 2.05) is 24.3 Å². The van der Waals surface area contributed by atoms with Crippen LogP contribution in [0.4, 0.5) is 5.82 Å². The molecule has 4 heteroatoms. The predicted octanol–water partition coefficient (Wildman–Crippen LogP) is 3.31. The van der Waals surface area contributed by atoms with Crippen LogP contribution in [0.3, 0.4) is 0 Å². The van der Waals surface area contributed by atoms with Crippen molar-refractivity contribution in [1.82, 2.24) is 9.97 Å². The SMILES string of the molecule is CCc1nc(=S)cc(NCc2ccccc2)[nH]1. The molecule has 0 amide bonds. The summed E-state index contributed by atoms with van der Waals surface area (Å²) < 4.78 is 0.621. The monoisotopic (exact) mass is 245 g/mol. The van der Waals surface area contributed by atoms with Crippen molar-refractivity contribution in [3.05, 3.63) is 52.4 Å². The molecule has 2 N–H and O–H groups in total. The summed E-state index contributed by atoms with van der Waals surface area (Å²) in [5.41, 5.74) is 1.24. The molecule has 3 nitrogen and oxygen atoms in total. The summed E-state index contributed by atoms with van der Waals surface area (Å²) >= 11 is 5.11. The molecule has 0 fully saturated rings. The maximum absolute atomic E-state index is 5.11. The summed E-state index contributed by atoms with van der Waals surface area (Å²) in [5.74, 6) is 1.83. The Morgan fingerprint density at radius 2 is 2.06 bits per heavy atom. The largest absolute Gasteiger partial charge is 0.367 e. The second-order valence-electron chi connectivity index (χ2n) is 3.77. The van der Waals surface area contributed by atoms with E-state index in [4.69, 9.17) is 12.2 Å². The molecular formula is C13H15N3S. The van der Waals surface area contributed by atoms with Gasteiger partial charge in [-0.25, -0.2) is 4.98 Å². The number of aryl methyl sites for hydroxylation is 1. The van der Waals surface area contributed by atoms with Crippen LogP contribution < -0.4 is 5.32 Å². The maximum Gasteiger partial charge on any atom is 0.131 e. The molecule has 17 heavy (non-hydrogen) atoms. The minimum Gasteiger partial charge on any atom is -0.367 e. The predicted molar refractivity (Wildman–Crippen MR) is 72.6 cm³/mol. The van der Waals surface area contributed by atoms with Gasteiger partial charge in [0.1, 0.15) is 16.3 Å². The average Bonchev–Trinajstić information content (AvgIpc) is 2.37. The molecule has 1 aromatic heterocycles.